The summed E-state index contributed by atoms with van der Waals surface area (Å²) in [6.07, 6.45) is 61.9. The summed E-state index contributed by atoms with van der Waals surface area (Å²) >= 11 is 0. The molecule has 9 heteroatoms. The Bertz CT molecular complexity index is 1390. The molecule has 0 aliphatic rings. The highest BCUT2D eigenvalue weighted by atomic mass is 16.7. The molecule has 0 heterocycles. The quantitative estimate of drug-likeness (QED) is 0.0195. The van der Waals surface area contributed by atoms with E-state index in [-0.39, 0.29) is 38.6 Å². The molecule has 0 aliphatic carbocycles. The summed E-state index contributed by atoms with van der Waals surface area (Å²) in [6.45, 7) is 4.60. The number of aliphatic carboxylic acids is 1. The molecular weight excluding hydrogens is 851 g/mol. The Kier molecular flexibility index (Phi) is 47.3. The number of carbonyl (C=O) groups is 3. The second-order valence-electron chi connectivity index (χ2n) is 19.1. The van der Waals surface area contributed by atoms with Gasteiger partial charge in [-0.1, -0.05) is 195 Å². The van der Waals surface area contributed by atoms with Crippen molar-refractivity contribution in [2.45, 2.75) is 225 Å². The first-order valence-electron chi connectivity index (χ1n) is 27.2. The standard InChI is InChI=1S/C59H101NO8/c1-6-8-10-12-14-16-18-20-22-24-26-27-28-29-30-31-32-34-36-38-40-42-44-46-48-50-57(62)68-55(54-67-59(58(63)64)65-52-51-60(3,4)5)53-66-56(61)49-47-45-43-41-39-37-35-33-25-23-21-19-17-15-13-11-9-7-2/h8,10,14,16,20,22-23,25-27,29-30,32,34,55,59H,6-7,9,11-13,15,17-19,21,24,28,31,33,35-54H2,1-5H3/b10-8-,16-14-,22-20-,25-23-,27-26-,30-29-,34-32-. The first kappa shape index (κ1) is 64.5. The number of rotatable bonds is 49. The summed E-state index contributed by atoms with van der Waals surface area (Å²) in [4.78, 5) is 37.2. The van der Waals surface area contributed by atoms with E-state index >= 15 is 0 Å². The number of carbonyl (C=O) groups excluding carboxylic acids is 3. The van der Waals surface area contributed by atoms with Crippen molar-refractivity contribution < 1.29 is 42.9 Å². The fourth-order valence-corrected chi connectivity index (χ4v) is 7.18. The van der Waals surface area contributed by atoms with Gasteiger partial charge in [0.1, 0.15) is 13.2 Å². The maximum atomic E-state index is 12.8. The Morgan fingerprint density at radius 2 is 0.838 bits per heavy atom. The van der Waals surface area contributed by atoms with Gasteiger partial charge in [0.15, 0.2) is 12.4 Å². The van der Waals surface area contributed by atoms with E-state index in [1.807, 2.05) is 21.1 Å². The smallest absolute Gasteiger partial charge is 0.306 e. The largest absolute Gasteiger partial charge is 0.545 e. The number of esters is 2. The minimum Gasteiger partial charge on any atom is -0.545 e. The maximum Gasteiger partial charge on any atom is 0.306 e. The highest BCUT2D eigenvalue weighted by molar-refractivity contribution is 5.70. The van der Waals surface area contributed by atoms with E-state index in [9.17, 15) is 19.5 Å². The van der Waals surface area contributed by atoms with E-state index in [1.54, 1.807) is 0 Å². The average Bonchev–Trinajstić information content (AvgIpc) is 3.30. The molecule has 0 bridgehead atoms. The molecule has 0 radical (unpaired) electrons. The lowest BCUT2D eigenvalue weighted by atomic mass is 10.1. The molecule has 68 heavy (non-hydrogen) atoms. The molecule has 0 amide bonds. The molecule has 0 spiro atoms. The highest BCUT2D eigenvalue weighted by Gasteiger charge is 2.22. The second-order valence-corrected chi connectivity index (χ2v) is 19.1. The lowest BCUT2D eigenvalue weighted by Crippen LogP contribution is -2.44. The molecule has 2 unspecified atom stereocenters. The van der Waals surface area contributed by atoms with E-state index in [2.05, 4.69) is 98.9 Å². The number of allylic oxidation sites excluding steroid dienone is 14. The molecule has 0 N–H and O–H groups in total. The van der Waals surface area contributed by atoms with Gasteiger partial charge in [-0.15, -0.1) is 0 Å². The number of carboxylic acids is 1. The van der Waals surface area contributed by atoms with Crippen LogP contribution in [0.1, 0.15) is 213 Å². The zero-order chi connectivity index (χ0) is 49.9. The van der Waals surface area contributed by atoms with Gasteiger partial charge >= 0.3 is 11.9 Å². The van der Waals surface area contributed by atoms with Crippen LogP contribution in [0.3, 0.4) is 0 Å². The lowest BCUT2D eigenvalue weighted by molar-refractivity contribution is -0.870. The first-order chi connectivity index (χ1) is 33.1. The third-order valence-corrected chi connectivity index (χ3v) is 11.4. The van der Waals surface area contributed by atoms with Crippen LogP contribution in [0.15, 0.2) is 85.1 Å². The van der Waals surface area contributed by atoms with E-state index in [1.165, 1.54) is 70.6 Å². The summed E-state index contributed by atoms with van der Waals surface area (Å²) in [5.41, 5.74) is 0. The number of nitrogens with zero attached hydrogens (tertiary/aromatic N) is 1. The highest BCUT2D eigenvalue weighted by Crippen LogP contribution is 2.14. The summed E-state index contributed by atoms with van der Waals surface area (Å²) in [7, 11) is 5.91. The predicted molar refractivity (Wildman–Crippen MR) is 283 cm³/mol. The summed E-state index contributed by atoms with van der Waals surface area (Å²) in [6, 6.07) is 0. The van der Waals surface area contributed by atoms with E-state index in [0.29, 0.717) is 17.4 Å². The number of hydrogen-bond donors (Lipinski definition) is 0. The molecule has 0 rings (SSSR count). The SMILES string of the molecule is CC/C=C\C/C=C\C/C=C\C/C=C\C/C=C\C/C=C\CCCCCCCCC(=O)OC(COC(=O)CCCCCCCCC/C=C\CCCCCCCCC)COC(OCC[N+](C)(C)C)C(=O)[O-]. The van der Waals surface area contributed by atoms with Crippen LogP contribution < -0.4 is 5.11 Å². The fourth-order valence-electron chi connectivity index (χ4n) is 7.18. The van der Waals surface area contributed by atoms with Crippen molar-refractivity contribution in [3.8, 4) is 0 Å². The van der Waals surface area contributed by atoms with Gasteiger partial charge in [0.2, 0.25) is 0 Å². The van der Waals surface area contributed by atoms with E-state index < -0.39 is 24.3 Å². The number of ether oxygens (including phenoxy) is 4. The number of carboxylic acid groups (broad SMARTS) is 1. The topological polar surface area (TPSA) is 111 Å². The van der Waals surface area contributed by atoms with Crippen LogP contribution in [-0.2, 0) is 33.3 Å². The summed E-state index contributed by atoms with van der Waals surface area (Å²) in [5.74, 6) is -2.31. The fraction of sp³-hybridized carbons (Fsp3) is 0.712. The van der Waals surface area contributed by atoms with Crippen molar-refractivity contribution in [3.05, 3.63) is 85.1 Å². The average molecular weight is 952 g/mol. The zero-order valence-corrected chi connectivity index (χ0v) is 44.2. The van der Waals surface area contributed by atoms with Gasteiger partial charge in [-0.3, -0.25) is 9.59 Å². The Balaban J connectivity index is 4.36. The first-order valence-corrected chi connectivity index (χ1v) is 27.2. The van der Waals surface area contributed by atoms with E-state index in [4.69, 9.17) is 18.9 Å². The van der Waals surface area contributed by atoms with Crippen molar-refractivity contribution in [2.24, 2.45) is 0 Å². The molecule has 0 saturated carbocycles. The second kappa shape index (κ2) is 49.9. The summed E-state index contributed by atoms with van der Waals surface area (Å²) in [5, 5.41) is 11.8. The maximum absolute atomic E-state index is 12.8. The summed E-state index contributed by atoms with van der Waals surface area (Å²) < 4.78 is 22.6. The normalized spacial score (nSPS) is 13.5. The van der Waals surface area contributed by atoms with Gasteiger partial charge in [-0.25, -0.2) is 0 Å². The molecule has 0 aromatic heterocycles. The van der Waals surface area contributed by atoms with Crippen LogP contribution >= 0.6 is 0 Å². The van der Waals surface area contributed by atoms with Crippen molar-refractivity contribution in [2.75, 3.05) is 47.5 Å². The zero-order valence-electron chi connectivity index (χ0n) is 44.2. The third kappa shape index (κ3) is 50.3. The van der Waals surface area contributed by atoms with Crippen molar-refractivity contribution in [1.29, 1.82) is 0 Å². The van der Waals surface area contributed by atoms with Crippen molar-refractivity contribution in [3.63, 3.8) is 0 Å². The Labute approximate surface area is 417 Å². The number of quaternary nitrogens is 1. The van der Waals surface area contributed by atoms with Crippen LogP contribution in [0.5, 0.6) is 0 Å². The molecule has 2 atom stereocenters. The van der Waals surface area contributed by atoms with E-state index in [0.717, 1.165) is 109 Å². The van der Waals surface area contributed by atoms with Crippen LogP contribution in [-0.4, -0.2) is 82.3 Å². The van der Waals surface area contributed by atoms with Gasteiger partial charge < -0.3 is 33.3 Å². The van der Waals surface area contributed by atoms with Gasteiger partial charge in [0, 0.05) is 12.8 Å². The van der Waals surface area contributed by atoms with Gasteiger partial charge in [-0.05, 0) is 89.9 Å². The minimum atomic E-state index is -1.63. The third-order valence-electron chi connectivity index (χ3n) is 11.4. The Hall–Kier alpha value is -3.53. The van der Waals surface area contributed by atoms with Crippen molar-refractivity contribution in [1.82, 2.24) is 0 Å². The number of unbranched alkanes of at least 4 members (excludes halogenated alkanes) is 20. The van der Waals surface area contributed by atoms with Crippen LogP contribution in [0.25, 0.3) is 0 Å². The molecule has 0 aromatic carbocycles. The van der Waals surface area contributed by atoms with Crippen LogP contribution in [0.2, 0.25) is 0 Å². The monoisotopic (exact) mass is 952 g/mol. The molecule has 0 fully saturated rings. The van der Waals surface area contributed by atoms with Gasteiger partial charge in [0.05, 0.1) is 40.3 Å². The Morgan fingerprint density at radius 3 is 1.26 bits per heavy atom. The van der Waals surface area contributed by atoms with Gasteiger partial charge in [0.25, 0.3) is 0 Å². The number of hydrogen-bond acceptors (Lipinski definition) is 8. The Morgan fingerprint density at radius 1 is 0.456 bits per heavy atom. The molecule has 0 aliphatic heterocycles. The lowest BCUT2D eigenvalue weighted by Gasteiger charge is -2.26. The minimum absolute atomic E-state index is 0.140. The van der Waals surface area contributed by atoms with Crippen LogP contribution in [0, 0.1) is 0 Å². The van der Waals surface area contributed by atoms with Crippen LogP contribution in [0.4, 0.5) is 0 Å². The molecule has 0 saturated heterocycles. The number of likely N-dealkylation sites (N-methyl/N-ethyl adjacent to an activating group) is 1. The molecule has 0 aromatic rings. The molecule has 9 nitrogen and oxygen atoms in total. The molecular formula is C59H101NO8. The predicted octanol–water partition coefficient (Wildman–Crippen LogP) is 14.3. The van der Waals surface area contributed by atoms with Gasteiger partial charge in [-0.2, -0.15) is 0 Å². The molecule has 390 valence electrons. The van der Waals surface area contributed by atoms with Crippen molar-refractivity contribution >= 4 is 17.9 Å².